The molecule has 0 spiro atoms. The summed E-state index contributed by atoms with van der Waals surface area (Å²) >= 11 is 1.72. The van der Waals surface area contributed by atoms with Crippen LogP contribution in [0, 0.1) is 6.92 Å². The molecule has 1 aromatic carbocycles. The Kier molecular flexibility index (Phi) is 8.67. The number of hydrogen-bond acceptors (Lipinski definition) is 4. The highest BCUT2D eigenvalue weighted by atomic mass is 32.1. The van der Waals surface area contributed by atoms with Gasteiger partial charge in [0, 0.05) is 22.3 Å². The minimum atomic E-state index is -0.0602. The number of rotatable bonds is 10. The molecule has 0 radical (unpaired) electrons. The molecule has 1 aromatic heterocycles. The standard InChI is InChI=1S/C22H31N3O2S/c1-17(2)23-21(26)15-24(4)16-22(27)25(14-20-11-10-18(3)28-20)13-12-19-8-6-5-7-9-19/h5-11,17H,12-16H2,1-4H3,(H,23,26). The lowest BCUT2D eigenvalue weighted by molar-refractivity contribution is -0.133. The monoisotopic (exact) mass is 401 g/mol. The lowest BCUT2D eigenvalue weighted by Crippen LogP contribution is -2.44. The fourth-order valence-electron chi connectivity index (χ4n) is 2.96. The average molecular weight is 402 g/mol. The second kappa shape index (κ2) is 11.0. The molecule has 2 amide bonds. The van der Waals surface area contributed by atoms with E-state index in [1.165, 1.54) is 15.3 Å². The van der Waals surface area contributed by atoms with Crippen LogP contribution in [0.3, 0.4) is 0 Å². The van der Waals surface area contributed by atoms with Gasteiger partial charge < -0.3 is 10.2 Å². The number of carbonyl (C=O) groups is 2. The van der Waals surface area contributed by atoms with Crippen LogP contribution in [0.1, 0.15) is 29.2 Å². The zero-order chi connectivity index (χ0) is 20.5. The Hall–Kier alpha value is -2.18. The van der Waals surface area contributed by atoms with Crippen molar-refractivity contribution >= 4 is 23.2 Å². The number of carbonyl (C=O) groups excluding carboxylic acids is 2. The number of thiophene rings is 1. The van der Waals surface area contributed by atoms with E-state index in [9.17, 15) is 9.59 Å². The van der Waals surface area contributed by atoms with E-state index in [1.54, 1.807) is 16.2 Å². The number of nitrogens with zero attached hydrogens (tertiary/aromatic N) is 2. The smallest absolute Gasteiger partial charge is 0.237 e. The third kappa shape index (κ3) is 7.82. The Balaban J connectivity index is 1.97. The number of amides is 2. The first-order valence-corrected chi connectivity index (χ1v) is 10.5. The van der Waals surface area contributed by atoms with E-state index < -0.39 is 0 Å². The zero-order valence-electron chi connectivity index (χ0n) is 17.3. The van der Waals surface area contributed by atoms with Gasteiger partial charge in [0.05, 0.1) is 19.6 Å². The van der Waals surface area contributed by atoms with Crippen LogP contribution in [0.4, 0.5) is 0 Å². The molecule has 0 saturated heterocycles. The minimum absolute atomic E-state index is 0.0434. The van der Waals surface area contributed by atoms with E-state index in [-0.39, 0.29) is 30.9 Å². The van der Waals surface area contributed by atoms with Gasteiger partial charge in [0.2, 0.25) is 11.8 Å². The van der Waals surface area contributed by atoms with E-state index in [2.05, 4.69) is 36.5 Å². The van der Waals surface area contributed by atoms with Gasteiger partial charge in [-0.05, 0) is 51.9 Å². The fourth-order valence-corrected chi connectivity index (χ4v) is 3.86. The maximum Gasteiger partial charge on any atom is 0.237 e. The van der Waals surface area contributed by atoms with Crippen LogP contribution in [0.5, 0.6) is 0 Å². The van der Waals surface area contributed by atoms with Crippen molar-refractivity contribution in [1.82, 2.24) is 15.1 Å². The van der Waals surface area contributed by atoms with Crippen LogP contribution in [-0.4, -0.2) is 54.3 Å². The molecule has 0 bridgehead atoms. The van der Waals surface area contributed by atoms with Crippen LogP contribution >= 0.6 is 11.3 Å². The molecule has 6 heteroatoms. The lowest BCUT2D eigenvalue weighted by atomic mass is 10.1. The molecule has 28 heavy (non-hydrogen) atoms. The quantitative estimate of drug-likeness (QED) is 0.666. The van der Waals surface area contributed by atoms with E-state index in [0.29, 0.717) is 13.1 Å². The summed E-state index contributed by atoms with van der Waals surface area (Å²) in [4.78, 5) is 31.0. The zero-order valence-corrected chi connectivity index (χ0v) is 18.1. The Bertz CT molecular complexity index is 758. The number of benzene rings is 1. The van der Waals surface area contributed by atoms with Gasteiger partial charge in [-0.2, -0.15) is 0 Å². The van der Waals surface area contributed by atoms with Gasteiger partial charge in [0.25, 0.3) is 0 Å². The third-order valence-electron chi connectivity index (χ3n) is 4.28. The molecule has 1 heterocycles. The van der Waals surface area contributed by atoms with Crippen LogP contribution in [0.2, 0.25) is 0 Å². The van der Waals surface area contributed by atoms with Crippen molar-refractivity contribution in [2.75, 3.05) is 26.7 Å². The third-order valence-corrected chi connectivity index (χ3v) is 5.26. The Morgan fingerprint density at radius 3 is 2.39 bits per heavy atom. The summed E-state index contributed by atoms with van der Waals surface area (Å²) in [6.07, 6.45) is 0.814. The summed E-state index contributed by atoms with van der Waals surface area (Å²) in [5.74, 6) is -0.0168. The van der Waals surface area contributed by atoms with Crippen LogP contribution in [0.25, 0.3) is 0 Å². The maximum atomic E-state index is 12.9. The average Bonchev–Trinajstić information content (AvgIpc) is 3.03. The molecule has 0 aliphatic rings. The van der Waals surface area contributed by atoms with Crippen molar-refractivity contribution in [1.29, 1.82) is 0 Å². The second-order valence-corrected chi connectivity index (χ2v) is 8.83. The van der Waals surface area contributed by atoms with Crippen LogP contribution in [-0.2, 0) is 22.6 Å². The predicted octanol–water partition coefficient (Wildman–Crippen LogP) is 3.08. The van der Waals surface area contributed by atoms with Crippen molar-refractivity contribution in [2.45, 2.75) is 39.8 Å². The van der Waals surface area contributed by atoms with Crippen LogP contribution < -0.4 is 5.32 Å². The van der Waals surface area contributed by atoms with Crippen molar-refractivity contribution in [2.24, 2.45) is 0 Å². The molecular formula is C22H31N3O2S. The molecule has 0 atom stereocenters. The first-order valence-electron chi connectivity index (χ1n) is 9.68. The van der Waals surface area contributed by atoms with Crippen molar-refractivity contribution in [3.8, 4) is 0 Å². The highest BCUT2D eigenvalue weighted by molar-refractivity contribution is 7.11. The number of likely N-dealkylation sites (N-methyl/N-ethyl adjacent to an activating group) is 1. The van der Waals surface area contributed by atoms with Crippen molar-refractivity contribution < 1.29 is 9.59 Å². The molecule has 0 fully saturated rings. The van der Waals surface area contributed by atoms with Gasteiger partial charge in [-0.25, -0.2) is 0 Å². The summed E-state index contributed by atoms with van der Waals surface area (Å²) in [5.41, 5.74) is 1.22. The second-order valence-electron chi connectivity index (χ2n) is 7.46. The van der Waals surface area contributed by atoms with E-state index in [4.69, 9.17) is 0 Å². The Labute approximate surface area is 172 Å². The first kappa shape index (κ1) is 22.1. The van der Waals surface area contributed by atoms with Gasteiger partial charge >= 0.3 is 0 Å². The molecule has 1 N–H and O–H groups in total. The number of nitrogens with one attached hydrogen (secondary N) is 1. The number of hydrogen-bond donors (Lipinski definition) is 1. The van der Waals surface area contributed by atoms with E-state index in [0.717, 1.165) is 6.42 Å². The van der Waals surface area contributed by atoms with Gasteiger partial charge in [0.15, 0.2) is 0 Å². The molecule has 0 aliphatic carbocycles. The fraction of sp³-hybridized carbons (Fsp3) is 0.455. The molecule has 0 unspecified atom stereocenters. The summed E-state index contributed by atoms with van der Waals surface area (Å²) in [6.45, 7) is 7.64. The minimum Gasteiger partial charge on any atom is -0.353 e. The van der Waals surface area contributed by atoms with E-state index in [1.807, 2.05) is 44.0 Å². The molecule has 0 aliphatic heterocycles. The van der Waals surface area contributed by atoms with Crippen molar-refractivity contribution in [3.05, 3.63) is 57.8 Å². The normalized spacial score (nSPS) is 11.1. The SMILES string of the molecule is Cc1ccc(CN(CCc2ccccc2)C(=O)CN(C)CC(=O)NC(C)C)s1. The lowest BCUT2D eigenvalue weighted by Gasteiger charge is -2.25. The molecule has 0 saturated carbocycles. The molecular weight excluding hydrogens is 370 g/mol. The summed E-state index contributed by atoms with van der Waals surface area (Å²) < 4.78 is 0. The highest BCUT2D eigenvalue weighted by Gasteiger charge is 2.18. The van der Waals surface area contributed by atoms with Gasteiger partial charge in [-0.1, -0.05) is 30.3 Å². The maximum absolute atomic E-state index is 12.9. The van der Waals surface area contributed by atoms with E-state index >= 15 is 0 Å². The largest absolute Gasteiger partial charge is 0.353 e. The topological polar surface area (TPSA) is 52.7 Å². The van der Waals surface area contributed by atoms with Gasteiger partial charge in [-0.3, -0.25) is 14.5 Å². The summed E-state index contributed by atoms with van der Waals surface area (Å²) in [6, 6.07) is 14.5. The highest BCUT2D eigenvalue weighted by Crippen LogP contribution is 2.18. The molecule has 5 nitrogen and oxygen atoms in total. The van der Waals surface area contributed by atoms with Gasteiger partial charge in [-0.15, -0.1) is 11.3 Å². The molecule has 2 aromatic rings. The van der Waals surface area contributed by atoms with Crippen molar-refractivity contribution in [3.63, 3.8) is 0 Å². The van der Waals surface area contributed by atoms with Crippen LogP contribution in [0.15, 0.2) is 42.5 Å². The predicted molar refractivity (Wildman–Crippen MR) is 115 cm³/mol. The summed E-state index contributed by atoms with van der Waals surface area (Å²) in [5, 5.41) is 2.86. The first-order chi connectivity index (χ1) is 13.3. The summed E-state index contributed by atoms with van der Waals surface area (Å²) in [7, 11) is 1.81. The number of aryl methyl sites for hydroxylation is 1. The Morgan fingerprint density at radius 1 is 1.07 bits per heavy atom. The van der Waals surface area contributed by atoms with Gasteiger partial charge in [0.1, 0.15) is 0 Å². The molecule has 2 rings (SSSR count). The molecule has 152 valence electrons. The Morgan fingerprint density at radius 2 is 1.79 bits per heavy atom.